The van der Waals surface area contributed by atoms with Crippen LogP contribution in [0.2, 0.25) is 0 Å². The van der Waals surface area contributed by atoms with Crippen molar-refractivity contribution in [1.82, 2.24) is 15.6 Å². The molecule has 7 heteroatoms. The highest BCUT2D eigenvalue weighted by Crippen LogP contribution is 2.14. The molecule has 0 aliphatic carbocycles. The third-order valence-corrected chi connectivity index (χ3v) is 3.88. The Kier molecular flexibility index (Phi) is 10.7. The average Bonchev–Trinajstić information content (AvgIpc) is 2.64. The fourth-order valence-corrected chi connectivity index (χ4v) is 2.51. The van der Waals surface area contributed by atoms with Crippen molar-refractivity contribution < 1.29 is 4.74 Å². The molecule has 0 aliphatic heterocycles. The van der Waals surface area contributed by atoms with Crippen LogP contribution in [-0.4, -0.2) is 44.2 Å². The molecule has 154 valence electrons. The lowest BCUT2D eigenvalue weighted by atomic mass is 10.2. The number of nitrogens with one attached hydrogen (secondary N) is 2. The van der Waals surface area contributed by atoms with E-state index in [0.717, 1.165) is 29.8 Å². The maximum absolute atomic E-state index is 5.97. The van der Waals surface area contributed by atoms with Crippen LogP contribution in [0.25, 0.3) is 0 Å². The second kappa shape index (κ2) is 12.4. The first-order valence-electron chi connectivity index (χ1n) is 9.36. The number of rotatable bonds is 8. The lowest BCUT2D eigenvalue weighted by Crippen LogP contribution is -2.41. The summed E-state index contributed by atoms with van der Waals surface area (Å²) in [5, 5.41) is 6.60. The Labute approximate surface area is 185 Å². The summed E-state index contributed by atoms with van der Waals surface area (Å²) in [4.78, 5) is 11.2. The van der Waals surface area contributed by atoms with Gasteiger partial charge in [0.1, 0.15) is 17.7 Å². The number of benzene rings is 1. The molecular weight excluding hydrogens is 465 g/mol. The molecule has 2 N–H and O–H groups in total. The van der Waals surface area contributed by atoms with Gasteiger partial charge in [-0.15, -0.1) is 24.0 Å². The smallest absolute Gasteiger partial charge is 0.191 e. The minimum atomic E-state index is 0. The lowest BCUT2D eigenvalue weighted by Gasteiger charge is -2.18. The van der Waals surface area contributed by atoms with Gasteiger partial charge in [-0.3, -0.25) is 0 Å². The summed E-state index contributed by atoms with van der Waals surface area (Å²) in [5.74, 6) is 2.58. The van der Waals surface area contributed by atoms with Crippen molar-refractivity contribution in [3.63, 3.8) is 0 Å². The number of halogens is 1. The second-order valence-corrected chi connectivity index (χ2v) is 6.70. The average molecular weight is 497 g/mol. The number of nitrogens with zero attached hydrogens (tertiary/aromatic N) is 3. The molecule has 1 unspecified atom stereocenters. The van der Waals surface area contributed by atoms with Gasteiger partial charge in [0.05, 0.1) is 18.8 Å². The van der Waals surface area contributed by atoms with Crippen LogP contribution in [0.5, 0.6) is 5.75 Å². The van der Waals surface area contributed by atoms with Gasteiger partial charge < -0.3 is 20.3 Å². The molecule has 0 bridgehead atoms. The monoisotopic (exact) mass is 497 g/mol. The summed E-state index contributed by atoms with van der Waals surface area (Å²) in [6.45, 7) is 8.13. The van der Waals surface area contributed by atoms with Crippen molar-refractivity contribution in [2.24, 2.45) is 4.99 Å². The van der Waals surface area contributed by atoms with Crippen LogP contribution in [0.3, 0.4) is 0 Å². The zero-order valence-corrected chi connectivity index (χ0v) is 19.7. The van der Waals surface area contributed by atoms with Crippen LogP contribution in [0.15, 0.2) is 47.5 Å². The molecule has 0 amide bonds. The minimum Gasteiger partial charge on any atom is -0.489 e. The van der Waals surface area contributed by atoms with E-state index >= 15 is 0 Å². The zero-order valence-electron chi connectivity index (χ0n) is 17.4. The number of guanidine groups is 1. The SMILES string of the molecule is CCNC(=NCc1cccc(N(C)C)n1)NCC(C)Oc1cccc(C)c1.I. The van der Waals surface area contributed by atoms with Gasteiger partial charge in [0.2, 0.25) is 0 Å². The Balaban J connectivity index is 0.00000392. The number of ether oxygens (including phenoxy) is 1. The number of hydrogen-bond acceptors (Lipinski definition) is 4. The van der Waals surface area contributed by atoms with E-state index in [1.165, 1.54) is 5.56 Å². The summed E-state index contributed by atoms with van der Waals surface area (Å²) in [6.07, 6.45) is 0.0193. The normalized spacial score (nSPS) is 12.0. The van der Waals surface area contributed by atoms with Crippen molar-refractivity contribution in [1.29, 1.82) is 0 Å². The number of aromatic nitrogens is 1. The van der Waals surface area contributed by atoms with E-state index in [0.29, 0.717) is 13.1 Å². The first-order chi connectivity index (χ1) is 13.0. The number of aliphatic imine (C=N–C) groups is 1. The van der Waals surface area contributed by atoms with Gasteiger partial charge in [0.15, 0.2) is 5.96 Å². The Hall–Kier alpha value is -2.03. The van der Waals surface area contributed by atoms with E-state index < -0.39 is 0 Å². The van der Waals surface area contributed by atoms with Gasteiger partial charge >= 0.3 is 0 Å². The topological polar surface area (TPSA) is 61.8 Å². The van der Waals surface area contributed by atoms with Gasteiger partial charge in [-0.25, -0.2) is 9.98 Å². The predicted octanol–water partition coefficient (Wildman–Crippen LogP) is 3.60. The minimum absolute atomic E-state index is 0. The lowest BCUT2D eigenvalue weighted by molar-refractivity contribution is 0.223. The highest BCUT2D eigenvalue weighted by Gasteiger charge is 2.06. The maximum atomic E-state index is 5.97. The van der Waals surface area contributed by atoms with Crippen LogP contribution in [0.1, 0.15) is 25.1 Å². The Morgan fingerprint density at radius 3 is 2.61 bits per heavy atom. The maximum Gasteiger partial charge on any atom is 0.191 e. The largest absolute Gasteiger partial charge is 0.489 e. The van der Waals surface area contributed by atoms with Crippen molar-refractivity contribution in [2.75, 3.05) is 32.1 Å². The van der Waals surface area contributed by atoms with E-state index in [4.69, 9.17) is 4.74 Å². The van der Waals surface area contributed by atoms with Gasteiger partial charge in [-0.1, -0.05) is 18.2 Å². The molecule has 2 rings (SSSR count). The van der Waals surface area contributed by atoms with E-state index in [1.807, 2.05) is 62.3 Å². The quantitative estimate of drug-likeness (QED) is 0.332. The van der Waals surface area contributed by atoms with Crippen molar-refractivity contribution >= 4 is 35.8 Å². The molecule has 0 aliphatic rings. The van der Waals surface area contributed by atoms with Crippen LogP contribution in [-0.2, 0) is 6.54 Å². The third-order valence-electron chi connectivity index (χ3n) is 3.88. The van der Waals surface area contributed by atoms with Gasteiger partial charge in [0.25, 0.3) is 0 Å². The highest BCUT2D eigenvalue weighted by atomic mass is 127. The first kappa shape index (κ1) is 24.0. The summed E-state index contributed by atoms with van der Waals surface area (Å²) in [6, 6.07) is 14.1. The highest BCUT2D eigenvalue weighted by molar-refractivity contribution is 14.0. The molecule has 28 heavy (non-hydrogen) atoms. The Bertz CT molecular complexity index is 751. The summed E-state index contributed by atoms with van der Waals surface area (Å²) in [5.41, 5.74) is 2.12. The van der Waals surface area contributed by atoms with E-state index in [1.54, 1.807) is 0 Å². The zero-order chi connectivity index (χ0) is 19.6. The third kappa shape index (κ3) is 8.33. The van der Waals surface area contributed by atoms with E-state index in [9.17, 15) is 0 Å². The fraction of sp³-hybridized carbons (Fsp3) is 0.429. The molecule has 0 saturated heterocycles. The van der Waals surface area contributed by atoms with Crippen LogP contribution < -0.4 is 20.3 Å². The number of aryl methyl sites for hydroxylation is 1. The molecule has 1 heterocycles. The van der Waals surface area contributed by atoms with E-state index in [-0.39, 0.29) is 30.1 Å². The van der Waals surface area contributed by atoms with Crippen molar-refractivity contribution in [2.45, 2.75) is 33.4 Å². The Morgan fingerprint density at radius 2 is 1.93 bits per heavy atom. The van der Waals surface area contributed by atoms with Crippen molar-refractivity contribution in [3.8, 4) is 5.75 Å². The molecule has 1 aromatic carbocycles. The number of hydrogen-bond donors (Lipinski definition) is 2. The van der Waals surface area contributed by atoms with Gasteiger partial charge in [0, 0.05) is 20.6 Å². The standard InChI is InChI=1S/C21H31N5O.HI/c1-6-22-21(24-15-18-10-8-12-20(25-18)26(4)5)23-14-17(3)27-19-11-7-9-16(2)13-19;/h7-13,17H,6,14-15H2,1-5H3,(H2,22,23,24);1H. The molecule has 1 aromatic heterocycles. The molecule has 0 saturated carbocycles. The number of anilines is 1. The van der Waals surface area contributed by atoms with Crippen LogP contribution in [0.4, 0.5) is 5.82 Å². The van der Waals surface area contributed by atoms with E-state index in [2.05, 4.69) is 40.5 Å². The first-order valence-corrected chi connectivity index (χ1v) is 9.36. The summed E-state index contributed by atoms with van der Waals surface area (Å²) in [7, 11) is 3.97. The number of pyridine rings is 1. The summed E-state index contributed by atoms with van der Waals surface area (Å²) >= 11 is 0. The molecule has 0 spiro atoms. The van der Waals surface area contributed by atoms with Gasteiger partial charge in [-0.05, 0) is 50.6 Å². The van der Waals surface area contributed by atoms with Crippen molar-refractivity contribution in [3.05, 3.63) is 53.7 Å². The van der Waals surface area contributed by atoms with Crippen LogP contribution >= 0.6 is 24.0 Å². The molecule has 2 aromatic rings. The summed E-state index contributed by atoms with van der Waals surface area (Å²) < 4.78 is 5.97. The molecule has 0 fully saturated rings. The second-order valence-electron chi connectivity index (χ2n) is 6.70. The van der Waals surface area contributed by atoms with Gasteiger partial charge in [-0.2, -0.15) is 0 Å². The fourth-order valence-electron chi connectivity index (χ4n) is 2.51. The molecule has 0 radical (unpaired) electrons. The van der Waals surface area contributed by atoms with Crippen LogP contribution in [0, 0.1) is 6.92 Å². The molecule has 1 atom stereocenters. The molecule has 6 nitrogen and oxygen atoms in total. The molecular formula is C21H32IN5O. The Morgan fingerprint density at radius 1 is 1.18 bits per heavy atom. The predicted molar refractivity (Wildman–Crippen MR) is 128 cm³/mol.